The van der Waals surface area contributed by atoms with Gasteiger partial charge in [0.05, 0.1) is 5.69 Å². The monoisotopic (exact) mass is 336 g/mol. The summed E-state index contributed by atoms with van der Waals surface area (Å²) < 4.78 is 1.82. The van der Waals surface area contributed by atoms with Gasteiger partial charge in [-0.25, -0.2) is 4.98 Å². The number of amides is 1. The van der Waals surface area contributed by atoms with Crippen molar-refractivity contribution in [1.82, 2.24) is 14.8 Å². The third-order valence-electron chi connectivity index (χ3n) is 4.63. The third kappa shape index (κ3) is 3.40. The van der Waals surface area contributed by atoms with E-state index in [0.717, 1.165) is 39.2 Å². The molecule has 130 valence electrons. The van der Waals surface area contributed by atoms with Crippen molar-refractivity contribution in [3.63, 3.8) is 0 Å². The molecule has 0 aliphatic rings. The topological polar surface area (TPSA) is 59.8 Å². The molecule has 5 heteroatoms. The minimum atomic E-state index is 0.0207. The van der Waals surface area contributed by atoms with Gasteiger partial charge in [-0.05, 0) is 62.9 Å². The summed E-state index contributed by atoms with van der Waals surface area (Å²) in [5, 5.41) is 8.54. The van der Waals surface area contributed by atoms with E-state index in [1.54, 1.807) is 0 Å². The van der Waals surface area contributed by atoms with Crippen molar-refractivity contribution in [1.29, 1.82) is 0 Å². The van der Waals surface area contributed by atoms with Crippen LogP contribution in [0, 0.1) is 27.7 Å². The molecule has 3 rings (SSSR count). The minimum Gasteiger partial charge on any atom is -0.326 e. The van der Waals surface area contributed by atoms with Gasteiger partial charge in [0.25, 0.3) is 0 Å². The van der Waals surface area contributed by atoms with Gasteiger partial charge in [0.2, 0.25) is 5.91 Å². The highest BCUT2D eigenvalue weighted by Crippen LogP contribution is 2.26. The van der Waals surface area contributed by atoms with Crippen LogP contribution >= 0.6 is 0 Å². The third-order valence-corrected chi connectivity index (χ3v) is 4.63. The molecule has 0 spiro atoms. The number of aromatic nitrogens is 3. The van der Waals surface area contributed by atoms with Crippen molar-refractivity contribution in [2.45, 2.75) is 40.5 Å². The lowest BCUT2D eigenvalue weighted by atomic mass is 9.99. The minimum absolute atomic E-state index is 0.0207. The SMILES string of the molecule is Cc1cccc(NC(=O)CCc2c(C)nc3c(c(C)nn3C)c2C)c1. The molecule has 0 radical (unpaired) electrons. The first-order valence-electron chi connectivity index (χ1n) is 8.52. The number of benzene rings is 1. The number of aryl methyl sites for hydroxylation is 5. The molecular formula is C20H24N4O. The number of pyridine rings is 1. The van der Waals surface area contributed by atoms with E-state index in [1.165, 1.54) is 5.56 Å². The molecular weight excluding hydrogens is 312 g/mol. The second-order valence-corrected chi connectivity index (χ2v) is 6.63. The molecule has 0 aliphatic heterocycles. The molecule has 2 heterocycles. The summed E-state index contributed by atoms with van der Waals surface area (Å²) in [6.07, 6.45) is 1.11. The van der Waals surface area contributed by atoms with Crippen LogP contribution in [0.15, 0.2) is 24.3 Å². The Kier molecular flexibility index (Phi) is 4.57. The van der Waals surface area contributed by atoms with Crippen molar-refractivity contribution in [3.05, 3.63) is 52.3 Å². The molecule has 1 N–H and O–H groups in total. The predicted molar refractivity (Wildman–Crippen MR) is 101 cm³/mol. The summed E-state index contributed by atoms with van der Waals surface area (Å²) in [6, 6.07) is 7.84. The molecule has 2 aromatic heterocycles. The summed E-state index contributed by atoms with van der Waals surface area (Å²) in [7, 11) is 1.91. The second kappa shape index (κ2) is 6.67. The molecule has 0 saturated heterocycles. The van der Waals surface area contributed by atoms with Crippen LogP contribution in [0.2, 0.25) is 0 Å². The highest BCUT2D eigenvalue weighted by molar-refractivity contribution is 5.91. The van der Waals surface area contributed by atoms with E-state index in [1.807, 2.05) is 56.8 Å². The molecule has 25 heavy (non-hydrogen) atoms. The van der Waals surface area contributed by atoms with E-state index in [2.05, 4.69) is 17.3 Å². The van der Waals surface area contributed by atoms with Crippen LogP contribution in [0.4, 0.5) is 5.69 Å². The van der Waals surface area contributed by atoms with E-state index in [4.69, 9.17) is 4.98 Å². The molecule has 5 nitrogen and oxygen atoms in total. The lowest BCUT2D eigenvalue weighted by molar-refractivity contribution is -0.116. The zero-order valence-electron chi connectivity index (χ0n) is 15.5. The summed E-state index contributed by atoms with van der Waals surface area (Å²) in [4.78, 5) is 17.0. The fourth-order valence-electron chi connectivity index (χ4n) is 3.42. The quantitative estimate of drug-likeness (QED) is 0.789. The van der Waals surface area contributed by atoms with Gasteiger partial charge in [-0.3, -0.25) is 9.48 Å². The Morgan fingerprint density at radius 1 is 1.16 bits per heavy atom. The molecule has 1 amide bonds. The number of carbonyl (C=O) groups excluding carboxylic acids is 1. The van der Waals surface area contributed by atoms with Crippen LogP contribution in [0.1, 0.15) is 34.5 Å². The Bertz CT molecular complexity index is 956. The molecule has 0 unspecified atom stereocenters. The van der Waals surface area contributed by atoms with Gasteiger partial charge in [0.15, 0.2) is 5.65 Å². The Labute approximate surface area is 148 Å². The van der Waals surface area contributed by atoms with Crippen molar-refractivity contribution in [3.8, 4) is 0 Å². The van der Waals surface area contributed by atoms with Crippen LogP contribution in [-0.2, 0) is 18.3 Å². The predicted octanol–water partition coefficient (Wildman–Crippen LogP) is 3.77. The van der Waals surface area contributed by atoms with Gasteiger partial charge < -0.3 is 5.32 Å². The number of rotatable bonds is 4. The molecule has 3 aromatic rings. The van der Waals surface area contributed by atoms with E-state index in [9.17, 15) is 4.79 Å². The fraction of sp³-hybridized carbons (Fsp3) is 0.350. The maximum absolute atomic E-state index is 12.3. The number of nitrogens with zero attached hydrogens (tertiary/aromatic N) is 3. The normalized spacial score (nSPS) is 11.1. The first kappa shape index (κ1) is 17.1. The van der Waals surface area contributed by atoms with Gasteiger partial charge in [-0.15, -0.1) is 0 Å². The van der Waals surface area contributed by atoms with Gasteiger partial charge in [0, 0.05) is 30.2 Å². The standard InChI is InChI=1S/C20H24N4O/c1-12-7-6-8-16(11-12)22-18(25)10-9-17-13(2)19-15(4)23-24(5)20(19)21-14(17)3/h6-8,11H,9-10H2,1-5H3,(H,22,25). The number of hydrogen-bond donors (Lipinski definition) is 1. The van der Waals surface area contributed by atoms with Crippen LogP contribution in [0.3, 0.4) is 0 Å². The first-order chi connectivity index (χ1) is 11.9. The van der Waals surface area contributed by atoms with E-state index >= 15 is 0 Å². The van der Waals surface area contributed by atoms with E-state index in [-0.39, 0.29) is 5.91 Å². The molecule has 0 fully saturated rings. The van der Waals surface area contributed by atoms with Crippen LogP contribution in [0.25, 0.3) is 11.0 Å². The summed E-state index contributed by atoms with van der Waals surface area (Å²) in [5.74, 6) is 0.0207. The van der Waals surface area contributed by atoms with Gasteiger partial charge >= 0.3 is 0 Å². The molecule has 1 aromatic carbocycles. The van der Waals surface area contributed by atoms with Gasteiger partial charge in [-0.1, -0.05) is 12.1 Å². The summed E-state index contributed by atoms with van der Waals surface area (Å²) in [6.45, 7) is 8.11. The average molecular weight is 336 g/mol. The van der Waals surface area contributed by atoms with E-state index < -0.39 is 0 Å². The van der Waals surface area contributed by atoms with Crippen LogP contribution < -0.4 is 5.32 Å². The first-order valence-corrected chi connectivity index (χ1v) is 8.52. The number of hydrogen-bond acceptors (Lipinski definition) is 3. The summed E-state index contributed by atoms with van der Waals surface area (Å²) in [5.41, 5.74) is 7.14. The zero-order valence-corrected chi connectivity index (χ0v) is 15.5. The smallest absolute Gasteiger partial charge is 0.224 e. The average Bonchev–Trinajstić information content (AvgIpc) is 2.81. The number of carbonyl (C=O) groups is 1. The van der Waals surface area contributed by atoms with Crippen molar-refractivity contribution in [2.24, 2.45) is 7.05 Å². The van der Waals surface area contributed by atoms with Gasteiger partial charge in [-0.2, -0.15) is 5.10 Å². The molecule has 0 aliphatic carbocycles. The maximum atomic E-state index is 12.3. The number of anilines is 1. The Hall–Kier alpha value is -2.69. The lowest BCUT2D eigenvalue weighted by Crippen LogP contribution is -2.13. The zero-order chi connectivity index (χ0) is 18.1. The Balaban J connectivity index is 1.79. The fourth-order valence-corrected chi connectivity index (χ4v) is 3.42. The molecule has 0 atom stereocenters. The van der Waals surface area contributed by atoms with Crippen molar-refractivity contribution < 1.29 is 4.79 Å². The second-order valence-electron chi connectivity index (χ2n) is 6.63. The highest BCUT2D eigenvalue weighted by Gasteiger charge is 2.16. The van der Waals surface area contributed by atoms with Crippen LogP contribution in [0.5, 0.6) is 0 Å². The lowest BCUT2D eigenvalue weighted by Gasteiger charge is -2.11. The number of fused-ring (bicyclic) bond motifs is 1. The maximum Gasteiger partial charge on any atom is 0.224 e. The van der Waals surface area contributed by atoms with Gasteiger partial charge in [0.1, 0.15) is 0 Å². The Morgan fingerprint density at radius 3 is 2.64 bits per heavy atom. The van der Waals surface area contributed by atoms with Crippen molar-refractivity contribution in [2.75, 3.05) is 5.32 Å². The number of nitrogens with one attached hydrogen (secondary N) is 1. The van der Waals surface area contributed by atoms with E-state index in [0.29, 0.717) is 12.8 Å². The largest absolute Gasteiger partial charge is 0.326 e. The van der Waals surface area contributed by atoms with Crippen molar-refractivity contribution >= 4 is 22.6 Å². The molecule has 0 saturated carbocycles. The summed E-state index contributed by atoms with van der Waals surface area (Å²) >= 11 is 0. The van der Waals surface area contributed by atoms with Crippen LogP contribution in [-0.4, -0.2) is 20.7 Å². The Morgan fingerprint density at radius 2 is 1.92 bits per heavy atom. The molecule has 0 bridgehead atoms. The highest BCUT2D eigenvalue weighted by atomic mass is 16.1.